The summed E-state index contributed by atoms with van der Waals surface area (Å²) in [6.07, 6.45) is 1.51. The van der Waals surface area contributed by atoms with E-state index < -0.39 is 0 Å². The maximum absolute atomic E-state index is 5.62. The molecular formula is C39H25N5O. The number of hydrogen-bond acceptors (Lipinski definition) is 5. The van der Waals surface area contributed by atoms with Crippen LogP contribution < -0.4 is 4.90 Å². The van der Waals surface area contributed by atoms with E-state index in [1.807, 2.05) is 60.7 Å². The molecule has 0 atom stereocenters. The molecule has 0 saturated carbocycles. The fourth-order valence-corrected chi connectivity index (χ4v) is 6.35. The topological polar surface area (TPSA) is 60.0 Å². The highest BCUT2D eigenvalue weighted by atomic mass is 16.3. The highest BCUT2D eigenvalue weighted by Crippen LogP contribution is 2.40. The third-order valence-corrected chi connectivity index (χ3v) is 8.35. The van der Waals surface area contributed by atoms with Gasteiger partial charge < -0.3 is 4.42 Å². The lowest BCUT2D eigenvalue weighted by atomic mass is 10.0. The van der Waals surface area contributed by atoms with E-state index in [0.29, 0.717) is 0 Å². The van der Waals surface area contributed by atoms with Crippen LogP contribution in [0.5, 0.6) is 0 Å². The molecule has 6 heteroatoms. The fourth-order valence-electron chi connectivity index (χ4n) is 6.35. The molecule has 9 aromatic rings. The van der Waals surface area contributed by atoms with Crippen molar-refractivity contribution in [3.63, 3.8) is 0 Å². The number of benzene rings is 5. The van der Waals surface area contributed by atoms with Gasteiger partial charge in [-0.05, 0) is 78.2 Å². The number of hydrogen-bond donors (Lipinski definition) is 0. The summed E-state index contributed by atoms with van der Waals surface area (Å²) in [6.45, 7) is 0. The molecule has 9 rings (SSSR count). The van der Waals surface area contributed by atoms with Crippen LogP contribution in [-0.2, 0) is 0 Å². The van der Waals surface area contributed by atoms with Gasteiger partial charge in [-0.25, -0.2) is 15.0 Å². The van der Waals surface area contributed by atoms with Crippen molar-refractivity contribution in [3.05, 3.63) is 152 Å². The normalized spacial score (nSPS) is 11.6. The molecule has 0 radical (unpaired) electrons. The summed E-state index contributed by atoms with van der Waals surface area (Å²) in [4.78, 5) is 17.2. The van der Waals surface area contributed by atoms with Crippen molar-refractivity contribution in [1.29, 1.82) is 0 Å². The molecule has 0 saturated heterocycles. The van der Waals surface area contributed by atoms with Crippen molar-refractivity contribution < 1.29 is 4.42 Å². The molecule has 0 bridgehead atoms. The van der Waals surface area contributed by atoms with Gasteiger partial charge in [-0.15, -0.1) is 0 Å². The highest BCUT2D eigenvalue weighted by Gasteiger charge is 2.21. The van der Waals surface area contributed by atoms with E-state index in [1.165, 1.54) is 6.39 Å². The summed E-state index contributed by atoms with van der Waals surface area (Å²) in [5.74, 6) is 1.56. The minimum absolute atomic E-state index is 0.773. The van der Waals surface area contributed by atoms with Crippen LogP contribution in [0.25, 0.3) is 60.8 Å². The van der Waals surface area contributed by atoms with Crippen LogP contribution in [0.2, 0.25) is 0 Å². The van der Waals surface area contributed by atoms with E-state index in [4.69, 9.17) is 14.4 Å². The Balaban J connectivity index is 1.33. The average Bonchev–Trinajstić information content (AvgIpc) is 3.73. The summed E-state index contributed by atoms with van der Waals surface area (Å²) in [5.41, 5.74) is 7.56. The number of anilines is 3. The van der Waals surface area contributed by atoms with Crippen molar-refractivity contribution in [1.82, 2.24) is 19.5 Å². The van der Waals surface area contributed by atoms with Crippen molar-refractivity contribution in [2.24, 2.45) is 0 Å². The third-order valence-electron chi connectivity index (χ3n) is 8.35. The SMILES string of the molecule is c1ccc(-c2cccc(N(c3ccccc3)c3ccc4c5c6ccc7ocnc7c6ccc5n(-c5ccccc5)c4n3)n2)cc1. The number of nitrogens with zero attached hydrogens (tertiary/aromatic N) is 5. The molecule has 212 valence electrons. The van der Waals surface area contributed by atoms with Gasteiger partial charge in [0.1, 0.15) is 22.8 Å². The van der Waals surface area contributed by atoms with E-state index in [-0.39, 0.29) is 0 Å². The first-order chi connectivity index (χ1) is 22.3. The van der Waals surface area contributed by atoms with Crippen molar-refractivity contribution >= 4 is 61.1 Å². The predicted molar refractivity (Wildman–Crippen MR) is 182 cm³/mol. The summed E-state index contributed by atoms with van der Waals surface area (Å²) in [6, 6.07) is 49.8. The van der Waals surface area contributed by atoms with E-state index >= 15 is 0 Å². The predicted octanol–water partition coefficient (Wildman–Crippen LogP) is 10.0. The van der Waals surface area contributed by atoms with Gasteiger partial charge in [-0.3, -0.25) is 9.47 Å². The van der Waals surface area contributed by atoms with E-state index in [0.717, 1.165) is 78.1 Å². The van der Waals surface area contributed by atoms with Crippen molar-refractivity contribution in [2.45, 2.75) is 0 Å². The fraction of sp³-hybridized carbons (Fsp3) is 0. The first kappa shape index (κ1) is 25.2. The van der Waals surface area contributed by atoms with Crippen molar-refractivity contribution in [2.75, 3.05) is 4.90 Å². The molecule has 5 aromatic carbocycles. The van der Waals surface area contributed by atoms with Gasteiger partial charge in [-0.1, -0.05) is 72.8 Å². The monoisotopic (exact) mass is 579 g/mol. The van der Waals surface area contributed by atoms with Gasteiger partial charge in [0.25, 0.3) is 0 Å². The van der Waals surface area contributed by atoms with Gasteiger partial charge in [0, 0.05) is 33.1 Å². The summed E-state index contributed by atoms with van der Waals surface area (Å²) in [5, 5.41) is 4.36. The highest BCUT2D eigenvalue weighted by molar-refractivity contribution is 6.24. The zero-order chi connectivity index (χ0) is 29.7. The summed E-state index contributed by atoms with van der Waals surface area (Å²) < 4.78 is 7.87. The maximum Gasteiger partial charge on any atom is 0.182 e. The molecule has 0 aliphatic carbocycles. The van der Waals surface area contributed by atoms with Crippen molar-refractivity contribution in [3.8, 4) is 16.9 Å². The second-order valence-corrected chi connectivity index (χ2v) is 10.9. The molecule has 0 N–H and O–H groups in total. The molecule has 0 fully saturated rings. The number of oxazole rings is 1. The van der Waals surface area contributed by atoms with Crippen LogP contribution in [0, 0.1) is 0 Å². The molecule has 6 nitrogen and oxygen atoms in total. The van der Waals surface area contributed by atoms with Crippen LogP contribution in [0.1, 0.15) is 0 Å². The molecule has 0 aliphatic rings. The van der Waals surface area contributed by atoms with Gasteiger partial charge in [-0.2, -0.15) is 0 Å². The minimum atomic E-state index is 0.773. The Morgan fingerprint density at radius 1 is 0.556 bits per heavy atom. The van der Waals surface area contributed by atoms with E-state index in [1.54, 1.807) is 0 Å². The molecule has 4 aromatic heterocycles. The first-order valence-corrected chi connectivity index (χ1v) is 14.9. The smallest absolute Gasteiger partial charge is 0.182 e. The van der Waals surface area contributed by atoms with Gasteiger partial charge >= 0.3 is 0 Å². The zero-order valence-corrected chi connectivity index (χ0v) is 24.1. The lowest BCUT2D eigenvalue weighted by Gasteiger charge is -2.24. The van der Waals surface area contributed by atoms with E-state index in [9.17, 15) is 0 Å². The maximum atomic E-state index is 5.62. The Kier molecular flexibility index (Phi) is 5.71. The zero-order valence-electron chi connectivity index (χ0n) is 24.1. The Hall–Kier alpha value is -6.27. The Bertz CT molecular complexity index is 2490. The quantitative estimate of drug-likeness (QED) is 0.203. The Morgan fingerprint density at radius 2 is 1.27 bits per heavy atom. The van der Waals surface area contributed by atoms with Gasteiger partial charge in [0.2, 0.25) is 0 Å². The average molecular weight is 580 g/mol. The molecule has 45 heavy (non-hydrogen) atoms. The van der Waals surface area contributed by atoms with E-state index in [2.05, 4.69) is 99.4 Å². The van der Waals surface area contributed by atoms with Crippen LogP contribution in [0.3, 0.4) is 0 Å². The first-order valence-electron chi connectivity index (χ1n) is 14.9. The second kappa shape index (κ2) is 10.2. The second-order valence-electron chi connectivity index (χ2n) is 10.9. The lowest BCUT2D eigenvalue weighted by molar-refractivity contribution is 0.602. The molecule has 0 amide bonds. The third kappa shape index (κ3) is 4.07. The number of rotatable bonds is 5. The summed E-state index contributed by atoms with van der Waals surface area (Å²) in [7, 11) is 0. The number of pyridine rings is 2. The van der Waals surface area contributed by atoms with Crippen LogP contribution in [0.15, 0.2) is 156 Å². The van der Waals surface area contributed by atoms with Gasteiger partial charge in [0.05, 0.1) is 11.2 Å². The summed E-state index contributed by atoms with van der Waals surface area (Å²) >= 11 is 0. The molecule has 4 heterocycles. The van der Waals surface area contributed by atoms with Crippen LogP contribution in [0.4, 0.5) is 17.3 Å². The standard InChI is InChI=1S/C39H25N5O/c1-4-11-26(12-5-1)32-17-10-18-35(41-32)44(28-15-8-3-9-16-28)36-24-21-31-37-29-20-23-34-38(40-25-45-34)30(29)19-22-33(37)43(39(31)42-36)27-13-6-2-7-14-27/h1-25H. The Labute approximate surface area is 258 Å². The minimum Gasteiger partial charge on any atom is -0.443 e. The van der Waals surface area contributed by atoms with Crippen LogP contribution in [-0.4, -0.2) is 19.5 Å². The molecule has 0 aliphatic heterocycles. The number of para-hydroxylation sites is 2. The van der Waals surface area contributed by atoms with Crippen LogP contribution >= 0.6 is 0 Å². The molecule has 0 unspecified atom stereocenters. The Morgan fingerprint density at radius 3 is 2.09 bits per heavy atom. The molecule has 0 spiro atoms. The number of aromatic nitrogens is 4. The van der Waals surface area contributed by atoms with Gasteiger partial charge in [0.15, 0.2) is 12.0 Å². The lowest BCUT2D eigenvalue weighted by Crippen LogP contribution is -2.13. The largest absolute Gasteiger partial charge is 0.443 e. The number of fused-ring (bicyclic) bond motifs is 7. The molecular weight excluding hydrogens is 554 g/mol.